The van der Waals surface area contributed by atoms with E-state index in [9.17, 15) is 4.79 Å². The molecule has 0 aromatic carbocycles. The lowest BCUT2D eigenvalue weighted by Gasteiger charge is -2.27. The van der Waals surface area contributed by atoms with E-state index in [4.69, 9.17) is 25.8 Å². The van der Waals surface area contributed by atoms with Gasteiger partial charge < -0.3 is 24.0 Å². The van der Waals surface area contributed by atoms with Gasteiger partial charge in [0, 0.05) is 26.2 Å². The fourth-order valence-electron chi connectivity index (χ4n) is 2.08. The summed E-state index contributed by atoms with van der Waals surface area (Å²) in [7, 11) is 1.66. The molecule has 1 aliphatic rings. The molecule has 2 rings (SSSR count). The molecule has 0 unspecified atom stereocenters. The summed E-state index contributed by atoms with van der Waals surface area (Å²) in [5.74, 6) is 0.894. The van der Waals surface area contributed by atoms with Crippen LogP contribution in [-0.4, -0.2) is 73.1 Å². The van der Waals surface area contributed by atoms with E-state index in [-0.39, 0.29) is 6.61 Å². The number of likely N-dealkylation sites (N-methyl/N-ethyl adjacent to an activating group) is 1. The number of nitrogens with zero attached hydrogens (tertiary/aromatic N) is 4. The van der Waals surface area contributed by atoms with Gasteiger partial charge in [0.15, 0.2) is 0 Å². The summed E-state index contributed by atoms with van der Waals surface area (Å²) in [4.78, 5) is 24.0. The zero-order valence-electron chi connectivity index (χ0n) is 15.1. The Morgan fingerprint density at radius 2 is 2.04 bits per heavy atom. The number of halogens is 1. The van der Waals surface area contributed by atoms with Crippen LogP contribution in [0.25, 0.3) is 0 Å². The number of rotatable bonds is 5. The first kappa shape index (κ1) is 19.5. The second-order valence-corrected chi connectivity index (χ2v) is 7.07. The van der Waals surface area contributed by atoms with E-state index in [1.54, 1.807) is 13.1 Å². The third-order valence-electron chi connectivity index (χ3n) is 3.34. The zero-order valence-corrected chi connectivity index (χ0v) is 15.9. The van der Waals surface area contributed by atoms with Crippen molar-refractivity contribution in [2.24, 2.45) is 0 Å². The summed E-state index contributed by atoms with van der Waals surface area (Å²) in [5.41, 5.74) is -0.528. The number of carbonyl (C=O) groups is 1. The Morgan fingerprint density at radius 1 is 1.36 bits per heavy atom. The van der Waals surface area contributed by atoms with Crippen molar-refractivity contribution in [3.8, 4) is 5.88 Å². The van der Waals surface area contributed by atoms with Crippen LogP contribution in [-0.2, 0) is 9.47 Å². The van der Waals surface area contributed by atoms with Crippen LogP contribution in [0, 0.1) is 0 Å². The van der Waals surface area contributed by atoms with Crippen LogP contribution >= 0.6 is 11.6 Å². The molecule has 1 fully saturated rings. The Balaban J connectivity index is 1.88. The van der Waals surface area contributed by atoms with Gasteiger partial charge in [0.1, 0.15) is 17.4 Å². The van der Waals surface area contributed by atoms with Gasteiger partial charge >= 0.3 is 6.09 Å². The van der Waals surface area contributed by atoms with Crippen molar-refractivity contribution in [1.82, 2.24) is 14.9 Å². The third-order valence-corrected chi connectivity index (χ3v) is 3.53. The number of ether oxygens (including phenoxy) is 3. The average molecular weight is 373 g/mol. The van der Waals surface area contributed by atoms with Gasteiger partial charge in [-0.15, -0.1) is 0 Å². The predicted octanol–water partition coefficient (Wildman–Crippen LogP) is 2.21. The largest absolute Gasteiger partial charge is 0.476 e. The first-order valence-electron chi connectivity index (χ1n) is 8.19. The van der Waals surface area contributed by atoms with E-state index in [0.717, 1.165) is 0 Å². The van der Waals surface area contributed by atoms with Gasteiger partial charge in [0.05, 0.1) is 19.8 Å². The first-order valence-corrected chi connectivity index (χ1v) is 8.56. The second-order valence-electron chi connectivity index (χ2n) is 6.68. The summed E-state index contributed by atoms with van der Waals surface area (Å²) in [6, 6.07) is 1.55. The Bertz CT molecular complexity index is 588. The molecule has 1 saturated heterocycles. The normalized spacial score (nSPS) is 15.0. The molecule has 1 aromatic heterocycles. The molecule has 9 heteroatoms. The molecule has 0 bridgehead atoms. The molecule has 0 spiro atoms. The van der Waals surface area contributed by atoms with E-state index in [1.165, 1.54) is 4.90 Å². The van der Waals surface area contributed by atoms with Gasteiger partial charge in [0.2, 0.25) is 11.8 Å². The second kappa shape index (κ2) is 8.53. The van der Waals surface area contributed by atoms with Crippen LogP contribution < -0.4 is 9.64 Å². The van der Waals surface area contributed by atoms with E-state index < -0.39 is 11.7 Å². The summed E-state index contributed by atoms with van der Waals surface area (Å²) in [6.45, 7) is 8.79. The minimum atomic E-state index is -0.528. The van der Waals surface area contributed by atoms with E-state index in [2.05, 4.69) is 9.97 Å². The number of amides is 1. The third kappa shape index (κ3) is 6.55. The minimum Gasteiger partial charge on any atom is -0.476 e. The Morgan fingerprint density at radius 3 is 2.68 bits per heavy atom. The number of hydrogen-bond acceptors (Lipinski definition) is 7. The average Bonchev–Trinajstić information content (AvgIpc) is 2.53. The molecule has 0 radical (unpaired) electrons. The lowest BCUT2D eigenvalue weighted by atomic mass is 10.2. The molecule has 0 aliphatic carbocycles. The standard InChI is InChI=1S/C16H25ClN4O4/c1-16(2,3)25-15(22)20(4)5-10-24-13-11-12(17)18-14(19-13)21-6-8-23-9-7-21/h11H,5-10H2,1-4H3. The van der Waals surface area contributed by atoms with Crippen LogP contribution in [0.4, 0.5) is 10.7 Å². The van der Waals surface area contributed by atoms with Gasteiger partial charge in [0.25, 0.3) is 0 Å². The van der Waals surface area contributed by atoms with Gasteiger partial charge in [-0.3, -0.25) is 0 Å². The van der Waals surface area contributed by atoms with E-state index in [0.29, 0.717) is 49.8 Å². The first-order chi connectivity index (χ1) is 11.7. The minimum absolute atomic E-state index is 0.269. The van der Waals surface area contributed by atoms with Crippen molar-refractivity contribution in [2.45, 2.75) is 26.4 Å². The molecule has 0 saturated carbocycles. The highest BCUT2D eigenvalue weighted by Gasteiger charge is 2.20. The number of hydrogen-bond donors (Lipinski definition) is 0. The van der Waals surface area contributed by atoms with Crippen LogP contribution in [0.15, 0.2) is 6.07 Å². The summed E-state index contributed by atoms with van der Waals surface area (Å²) >= 11 is 6.06. The lowest BCUT2D eigenvalue weighted by Crippen LogP contribution is -2.37. The van der Waals surface area contributed by atoms with E-state index in [1.807, 2.05) is 25.7 Å². The Labute approximate surface area is 153 Å². The monoisotopic (exact) mass is 372 g/mol. The summed E-state index contributed by atoms with van der Waals surface area (Å²) in [5, 5.41) is 0.312. The molecule has 0 N–H and O–H groups in total. The SMILES string of the molecule is CN(CCOc1cc(Cl)nc(N2CCOCC2)n1)C(=O)OC(C)(C)C. The lowest BCUT2D eigenvalue weighted by molar-refractivity contribution is 0.0277. The topological polar surface area (TPSA) is 77.0 Å². The highest BCUT2D eigenvalue weighted by molar-refractivity contribution is 6.29. The number of anilines is 1. The molecule has 1 aromatic rings. The molecule has 25 heavy (non-hydrogen) atoms. The van der Waals surface area contributed by atoms with Gasteiger partial charge in [-0.1, -0.05) is 11.6 Å². The quantitative estimate of drug-likeness (QED) is 0.733. The van der Waals surface area contributed by atoms with Gasteiger partial charge in [-0.2, -0.15) is 4.98 Å². The van der Waals surface area contributed by atoms with Crippen molar-refractivity contribution in [3.63, 3.8) is 0 Å². The van der Waals surface area contributed by atoms with Crippen molar-refractivity contribution in [3.05, 3.63) is 11.2 Å². The highest BCUT2D eigenvalue weighted by Crippen LogP contribution is 2.19. The van der Waals surface area contributed by atoms with Crippen LogP contribution in [0.2, 0.25) is 5.15 Å². The maximum atomic E-state index is 11.9. The Kier molecular flexibility index (Phi) is 6.66. The smallest absolute Gasteiger partial charge is 0.410 e. The summed E-state index contributed by atoms with van der Waals surface area (Å²) < 4.78 is 16.2. The maximum absolute atomic E-state index is 11.9. The number of morpholine rings is 1. The molecule has 1 aliphatic heterocycles. The fourth-order valence-corrected chi connectivity index (χ4v) is 2.25. The molecule has 0 atom stereocenters. The van der Waals surface area contributed by atoms with E-state index >= 15 is 0 Å². The van der Waals surface area contributed by atoms with Crippen molar-refractivity contribution in [1.29, 1.82) is 0 Å². The molecule has 8 nitrogen and oxygen atoms in total. The molecular weight excluding hydrogens is 348 g/mol. The molecular formula is C16H25ClN4O4. The van der Waals surface area contributed by atoms with Gasteiger partial charge in [-0.05, 0) is 20.8 Å². The summed E-state index contributed by atoms with van der Waals surface area (Å²) in [6.07, 6.45) is -0.397. The van der Waals surface area contributed by atoms with Crippen LogP contribution in [0.1, 0.15) is 20.8 Å². The molecule has 140 valence electrons. The molecule has 2 heterocycles. The van der Waals surface area contributed by atoms with Gasteiger partial charge in [-0.25, -0.2) is 9.78 Å². The zero-order chi connectivity index (χ0) is 18.4. The predicted molar refractivity (Wildman–Crippen MR) is 94.4 cm³/mol. The van der Waals surface area contributed by atoms with Crippen molar-refractivity contribution >= 4 is 23.6 Å². The van der Waals surface area contributed by atoms with Crippen LogP contribution in [0.3, 0.4) is 0 Å². The maximum Gasteiger partial charge on any atom is 0.410 e. The number of aromatic nitrogens is 2. The highest BCUT2D eigenvalue weighted by atomic mass is 35.5. The fraction of sp³-hybridized carbons (Fsp3) is 0.688. The Hall–Kier alpha value is -1.80. The number of carbonyl (C=O) groups excluding carboxylic acids is 1. The van der Waals surface area contributed by atoms with Crippen molar-refractivity contribution in [2.75, 3.05) is 51.4 Å². The van der Waals surface area contributed by atoms with Crippen molar-refractivity contribution < 1.29 is 19.0 Å². The molecule has 1 amide bonds. The van der Waals surface area contributed by atoms with Crippen LogP contribution in [0.5, 0.6) is 5.88 Å².